The Bertz CT molecular complexity index is 2420. The van der Waals surface area contributed by atoms with E-state index < -0.39 is 0 Å². The summed E-state index contributed by atoms with van der Waals surface area (Å²) in [4.78, 5) is 14.8. The van der Waals surface area contributed by atoms with Gasteiger partial charge in [-0.1, -0.05) is 186 Å². The van der Waals surface area contributed by atoms with Crippen molar-refractivity contribution < 1.29 is 13.6 Å². The standard InChI is InChI=1S/C63H78N6O3/c1-4-7-10-13-43-16-22-46(23-17-43)49-28-34-52(35-29-49)58-64-61(70-67-58)55-40-56(62-65-59(68-71-62)53-36-30-50(31-37-53)47-24-18-44(19-25-47)14-11-8-5-2)42-57(41-55)63-66-60(69-72-63)54-38-32-51(33-39-54)48-26-20-45(21-27-48)15-12-9-6-3/h28-48H,4-27H2,1-3H3. The fourth-order valence-electron chi connectivity index (χ4n) is 12.5. The summed E-state index contributed by atoms with van der Waals surface area (Å²) in [6.45, 7) is 6.88. The van der Waals surface area contributed by atoms with E-state index in [0.29, 0.717) is 69.6 Å². The van der Waals surface area contributed by atoms with Crippen molar-refractivity contribution >= 4 is 0 Å². The van der Waals surface area contributed by atoms with Crippen molar-refractivity contribution in [2.45, 2.75) is 193 Å². The second-order valence-corrected chi connectivity index (χ2v) is 22.1. The number of hydrogen-bond donors (Lipinski definition) is 0. The Morgan fingerprint density at radius 2 is 0.597 bits per heavy atom. The Kier molecular flexibility index (Phi) is 16.9. The van der Waals surface area contributed by atoms with E-state index in [1.165, 1.54) is 171 Å². The van der Waals surface area contributed by atoms with Crippen LogP contribution in [0.15, 0.2) is 105 Å². The van der Waals surface area contributed by atoms with Crippen LogP contribution in [-0.4, -0.2) is 30.4 Å². The lowest BCUT2D eigenvalue weighted by molar-refractivity contribution is 0.303. The van der Waals surface area contributed by atoms with Crippen LogP contribution in [0.4, 0.5) is 0 Å². The molecule has 378 valence electrons. The van der Waals surface area contributed by atoms with Crippen LogP contribution in [0.2, 0.25) is 0 Å². The van der Waals surface area contributed by atoms with Gasteiger partial charge in [-0.25, -0.2) is 0 Å². The Morgan fingerprint density at radius 1 is 0.333 bits per heavy atom. The first kappa shape index (κ1) is 49.9. The third kappa shape index (κ3) is 12.4. The molecular weight excluding hydrogens is 889 g/mol. The SMILES string of the molecule is CCCCCC1CCC(c2ccc(-c3noc(-c4cc(-c5nc(-c6ccc(C7CCC(CCCCC)CC7)cc6)no5)cc(-c5nc(-c6ccc(C7CCC(CCCCC)CC7)cc6)no5)c4)n3)cc2)CC1. The Labute approximate surface area is 428 Å². The predicted octanol–water partition coefficient (Wildman–Crippen LogP) is 18.4. The zero-order valence-electron chi connectivity index (χ0n) is 43.5. The lowest BCUT2D eigenvalue weighted by Crippen LogP contribution is -2.13. The molecule has 0 saturated heterocycles. The maximum absolute atomic E-state index is 6.02. The third-order valence-corrected chi connectivity index (χ3v) is 17.1. The van der Waals surface area contributed by atoms with Crippen molar-refractivity contribution in [3.63, 3.8) is 0 Å². The highest BCUT2D eigenvalue weighted by Gasteiger charge is 2.26. The second-order valence-electron chi connectivity index (χ2n) is 22.1. The molecule has 72 heavy (non-hydrogen) atoms. The Balaban J connectivity index is 0.868. The van der Waals surface area contributed by atoms with E-state index in [2.05, 4.69) is 109 Å². The normalized spacial score (nSPS) is 21.5. The van der Waals surface area contributed by atoms with Gasteiger partial charge in [0.2, 0.25) is 17.5 Å². The van der Waals surface area contributed by atoms with Gasteiger partial charge in [0.25, 0.3) is 17.7 Å². The smallest absolute Gasteiger partial charge is 0.258 e. The zero-order chi connectivity index (χ0) is 49.1. The van der Waals surface area contributed by atoms with Gasteiger partial charge in [-0.3, -0.25) is 0 Å². The van der Waals surface area contributed by atoms with E-state index in [0.717, 1.165) is 34.4 Å². The average Bonchev–Trinajstić information content (AvgIpc) is 4.26. The summed E-state index contributed by atoms with van der Waals surface area (Å²) in [5.41, 5.74) is 9.02. The number of rotatable bonds is 21. The maximum atomic E-state index is 6.02. The van der Waals surface area contributed by atoms with Crippen molar-refractivity contribution in [3.8, 4) is 68.5 Å². The number of hydrogen-bond acceptors (Lipinski definition) is 9. The van der Waals surface area contributed by atoms with Gasteiger partial charge in [-0.15, -0.1) is 0 Å². The van der Waals surface area contributed by atoms with Crippen LogP contribution >= 0.6 is 0 Å². The monoisotopic (exact) mass is 967 g/mol. The van der Waals surface area contributed by atoms with E-state index in [-0.39, 0.29) is 0 Å². The van der Waals surface area contributed by atoms with E-state index >= 15 is 0 Å². The Hall–Kier alpha value is -5.70. The molecule has 0 N–H and O–H groups in total. The van der Waals surface area contributed by atoms with Crippen molar-refractivity contribution in [3.05, 3.63) is 108 Å². The molecule has 7 aromatic rings. The highest BCUT2D eigenvalue weighted by atomic mass is 16.5. The second kappa shape index (κ2) is 24.3. The average molecular weight is 967 g/mol. The van der Waals surface area contributed by atoms with Crippen molar-refractivity contribution in [2.24, 2.45) is 17.8 Å². The van der Waals surface area contributed by atoms with Crippen LogP contribution in [0, 0.1) is 17.8 Å². The molecule has 10 rings (SSSR count). The zero-order valence-corrected chi connectivity index (χ0v) is 43.5. The number of aromatic nitrogens is 6. The quantitative estimate of drug-likeness (QED) is 0.0649. The van der Waals surface area contributed by atoms with Crippen molar-refractivity contribution in [1.29, 1.82) is 0 Å². The molecule has 0 amide bonds. The molecule has 3 aliphatic carbocycles. The van der Waals surface area contributed by atoms with Crippen LogP contribution in [-0.2, 0) is 0 Å². The first-order valence-electron chi connectivity index (χ1n) is 28.5. The van der Waals surface area contributed by atoms with Gasteiger partial charge in [0.05, 0.1) is 0 Å². The number of nitrogens with zero attached hydrogens (tertiary/aromatic N) is 6. The molecule has 0 bridgehead atoms. The van der Waals surface area contributed by atoms with Gasteiger partial charge in [0.1, 0.15) is 0 Å². The summed E-state index contributed by atoms with van der Waals surface area (Å²) in [6, 6.07) is 32.2. The molecule has 0 unspecified atom stereocenters. The van der Waals surface area contributed by atoms with Crippen LogP contribution < -0.4 is 0 Å². The topological polar surface area (TPSA) is 117 Å². The van der Waals surface area contributed by atoms with E-state index in [1.54, 1.807) is 0 Å². The minimum absolute atomic E-state index is 0.370. The minimum Gasteiger partial charge on any atom is -0.334 e. The van der Waals surface area contributed by atoms with Crippen LogP contribution in [0.3, 0.4) is 0 Å². The van der Waals surface area contributed by atoms with Crippen LogP contribution in [0.25, 0.3) is 68.5 Å². The Morgan fingerprint density at radius 3 is 0.847 bits per heavy atom. The van der Waals surface area contributed by atoms with Gasteiger partial charge in [-0.2, -0.15) is 15.0 Å². The molecule has 3 heterocycles. The maximum Gasteiger partial charge on any atom is 0.258 e. The highest BCUT2D eigenvalue weighted by molar-refractivity contribution is 5.75. The summed E-state index contributed by atoms with van der Waals surface area (Å²) >= 11 is 0. The number of unbranched alkanes of at least 4 members (excludes halogenated alkanes) is 6. The van der Waals surface area contributed by atoms with E-state index in [4.69, 9.17) is 28.5 Å². The first-order chi connectivity index (χ1) is 35.5. The summed E-state index contributed by atoms with van der Waals surface area (Å²) < 4.78 is 18.1. The van der Waals surface area contributed by atoms with Gasteiger partial charge < -0.3 is 13.6 Å². The fraction of sp³-hybridized carbons (Fsp3) is 0.524. The predicted molar refractivity (Wildman–Crippen MR) is 289 cm³/mol. The largest absolute Gasteiger partial charge is 0.334 e. The molecular formula is C63H78N6O3. The van der Waals surface area contributed by atoms with Gasteiger partial charge >= 0.3 is 0 Å². The fourth-order valence-corrected chi connectivity index (χ4v) is 12.5. The van der Waals surface area contributed by atoms with Gasteiger partial charge in [0, 0.05) is 33.4 Å². The van der Waals surface area contributed by atoms with Crippen molar-refractivity contribution in [1.82, 2.24) is 30.4 Å². The molecule has 3 saturated carbocycles. The minimum atomic E-state index is 0.370. The van der Waals surface area contributed by atoms with Gasteiger partial charge in [-0.05, 0) is 147 Å². The van der Waals surface area contributed by atoms with Crippen molar-refractivity contribution in [2.75, 3.05) is 0 Å². The first-order valence-corrected chi connectivity index (χ1v) is 28.5. The van der Waals surface area contributed by atoms with Crippen LogP contribution in [0.1, 0.15) is 209 Å². The summed E-state index contributed by atoms with van der Waals surface area (Å²) in [5, 5.41) is 13.4. The molecule has 3 aliphatic rings. The summed E-state index contributed by atoms with van der Waals surface area (Å²) in [7, 11) is 0. The molecule has 3 fully saturated rings. The third-order valence-electron chi connectivity index (χ3n) is 17.1. The molecule has 9 nitrogen and oxygen atoms in total. The van der Waals surface area contributed by atoms with E-state index in [9.17, 15) is 0 Å². The summed E-state index contributed by atoms with van der Waals surface area (Å²) in [6.07, 6.45) is 31.9. The van der Waals surface area contributed by atoms with Crippen LogP contribution in [0.5, 0.6) is 0 Å². The number of benzene rings is 4. The highest BCUT2D eigenvalue weighted by Crippen LogP contribution is 2.42. The molecule has 0 aliphatic heterocycles. The van der Waals surface area contributed by atoms with E-state index in [1.807, 2.05) is 18.2 Å². The summed E-state index contributed by atoms with van der Waals surface area (Å²) in [5.74, 6) is 7.23. The lowest BCUT2D eigenvalue weighted by Gasteiger charge is -2.29. The lowest BCUT2D eigenvalue weighted by atomic mass is 9.77. The molecule has 0 atom stereocenters. The molecule has 0 radical (unpaired) electrons. The van der Waals surface area contributed by atoms with Gasteiger partial charge in [0.15, 0.2) is 0 Å². The molecule has 9 heteroatoms. The molecule has 0 spiro atoms. The molecule has 3 aromatic heterocycles. The molecule has 4 aromatic carbocycles.